The Labute approximate surface area is 144 Å². The molecule has 0 N–H and O–H groups in total. The summed E-state index contributed by atoms with van der Waals surface area (Å²) in [5.41, 5.74) is 4.11. The molecule has 0 spiro atoms. The zero-order valence-electron chi connectivity index (χ0n) is 13.7. The Morgan fingerprint density at radius 3 is 2.71 bits per heavy atom. The molecule has 1 aliphatic heterocycles. The number of aromatic nitrogens is 4. The molecule has 0 atom stereocenters. The lowest BCUT2D eigenvalue weighted by Crippen LogP contribution is -2.47. The van der Waals surface area contributed by atoms with E-state index >= 15 is 0 Å². The number of piperazine rings is 1. The van der Waals surface area contributed by atoms with Crippen molar-refractivity contribution in [2.45, 2.75) is 32.2 Å². The van der Waals surface area contributed by atoms with Crippen molar-refractivity contribution in [1.82, 2.24) is 24.9 Å². The van der Waals surface area contributed by atoms with E-state index in [9.17, 15) is 4.79 Å². The molecule has 1 aliphatic carbocycles. The maximum absolute atomic E-state index is 12.2. The molecule has 3 heterocycles. The van der Waals surface area contributed by atoms with Crippen molar-refractivity contribution >= 4 is 16.5 Å². The first-order chi connectivity index (χ1) is 11.8. The minimum absolute atomic E-state index is 0.0446. The Morgan fingerprint density at radius 2 is 1.92 bits per heavy atom. The zero-order chi connectivity index (χ0) is 16.4. The van der Waals surface area contributed by atoms with E-state index in [1.54, 1.807) is 27.6 Å². The normalized spacial score (nSPS) is 18.6. The van der Waals surface area contributed by atoms with Gasteiger partial charge in [0.1, 0.15) is 5.51 Å². The summed E-state index contributed by atoms with van der Waals surface area (Å²) < 4.78 is 1.65. The van der Waals surface area contributed by atoms with Crippen molar-refractivity contribution in [1.29, 1.82) is 0 Å². The fraction of sp³-hybridized carbons (Fsp3) is 0.625. The molecule has 4 rings (SSSR count). The highest BCUT2D eigenvalue weighted by Crippen LogP contribution is 2.18. The van der Waals surface area contributed by atoms with E-state index in [0.29, 0.717) is 6.54 Å². The lowest BCUT2D eigenvalue weighted by molar-refractivity contribution is 0.242. The highest BCUT2D eigenvalue weighted by atomic mass is 32.1. The van der Waals surface area contributed by atoms with Gasteiger partial charge in [-0.05, 0) is 31.2 Å². The predicted octanol–water partition coefficient (Wildman–Crippen LogP) is 0.796. The molecule has 1 fully saturated rings. The van der Waals surface area contributed by atoms with Crippen molar-refractivity contribution in [3.8, 4) is 0 Å². The number of fused-ring (bicyclic) bond motifs is 1. The largest absolute Gasteiger partial charge is 0.344 e. The van der Waals surface area contributed by atoms with Crippen LogP contribution < -0.4 is 10.5 Å². The van der Waals surface area contributed by atoms with Gasteiger partial charge >= 0.3 is 0 Å². The first kappa shape index (κ1) is 15.7. The summed E-state index contributed by atoms with van der Waals surface area (Å²) in [6, 6.07) is 1.80. The summed E-state index contributed by atoms with van der Waals surface area (Å²) in [6.07, 6.45) is 4.38. The van der Waals surface area contributed by atoms with Gasteiger partial charge < -0.3 is 4.90 Å². The monoisotopic (exact) mass is 346 g/mol. The maximum Gasteiger partial charge on any atom is 0.267 e. The van der Waals surface area contributed by atoms with E-state index in [-0.39, 0.29) is 5.56 Å². The van der Waals surface area contributed by atoms with Gasteiger partial charge in [-0.2, -0.15) is 5.10 Å². The highest BCUT2D eigenvalue weighted by Gasteiger charge is 2.19. The first-order valence-electron chi connectivity index (χ1n) is 8.63. The number of hydrogen-bond acceptors (Lipinski definition) is 7. The molecule has 0 bridgehead atoms. The first-order valence-corrected chi connectivity index (χ1v) is 9.51. The molecular formula is C16H22N6OS. The number of nitrogens with zero attached hydrogens (tertiary/aromatic N) is 6. The summed E-state index contributed by atoms with van der Waals surface area (Å²) >= 11 is 1.59. The lowest BCUT2D eigenvalue weighted by Gasteiger charge is -2.34. The van der Waals surface area contributed by atoms with Crippen LogP contribution in [0.25, 0.3) is 0 Å². The van der Waals surface area contributed by atoms with Crippen molar-refractivity contribution in [3.63, 3.8) is 0 Å². The van der Waals surface area contributed by atoms with Crippen LogP contribution in [0.2, 0.25) is 0 Å². The number of rotatable bonds is 4. The van der Waals surface area contributed by atoms with E-state index in [1.807, 2.05) is 0 Å². The smallest absolute Gasteiger partial charge is 0.267 e. The van der Waals surface area contributed by atoms with Gasteiger partial charge in [0.25, 0.3) is 5.56 Å². The van der Waals surface area contributed by atoms with Crippen LogP contribution in [0.1, 0.15) is 24.1 Å². The van der Waals surface area contributed by atoms with Crippen molar-refractivity contribution in [2.75, 3.05) is 37.6 Å². The quantitative estimate of drug-likeness (QED) is 0.816. The van der Waals surface area contributed by atoms with Gasteiger partial charge in [-0.25, -0.2) is 4.68 Å². The minimum atomic E-state index is 0.0446. The highest BCUT2D eigenvalue weighted by molar-refractivity contribution is 7.13. The van der Waals surface area contributed by atoms with Crippen LogP contribution >= 0.6 is 11.3 Å². The Kier molecular flexibility index (Phi) is 4.57. The van der Waals surface area contributed by atoms with Gasteiger partial charge in [-0.15, -0.1) is 10.2 Å². The van der Waals surface area contributed by atoms with Crippen LogP contribution in [0.3, 0.4) is 0 Å². The average molecular weight is 346 g/mol. The number of anilines is 1. The molecule has 0 aromatic carbocycles. The fourth-order valence-electron chi connectivity index (χ4n) is 3.47. The maximum atomic E-state index is 12.2. The molecule has 0 saturated carbocycles. The second kappa shape index (κ2) is 6.98. The molecule has 1 saturated heterocycles. The second-order valence-corrected chi connectivity index (χ2v) is 7.25. The van der Waals surface area contributed by atoms with E-state index in [1.165, 1.54) is 12.8 Å². The molecule has 2 aromatic heterocycles. The van der Waals surface area contributed by atoms with Crippen molar-refractivity contribution in [3.05, 3.63) is 33.2 Å². The number of hydrogen-bond donors (Lipinski definition) is 0. The Balaban J connectivity index is 1.34. The molecule has 128 valence electrons. The van der Waals surface area contributed by atoms with Gasteiger partial charge in [0.15, 0.2) is 0 Å². The van der Waals surface area contributed by atoms with E-state index < -0.39 is 0 Å². The van der Waals surface area contributed by atoms with Crippen molar-refractivity contribution < 1.29 is 0 Å². The van der Waals surface area contributed by atoms with Crippen LogP contribution in [0.5, 0.6) is 0 Å². The van der Waals surface area contributed by atoms with E-state index in [2.05, 4.69) is 25.1 Å². The standard InChI is InChI=1S/C16H22N6OS/c23-15-11-13-3-1-2-4-14(13)19-22(15)10-7-20-5-8-21(9-6-20)16-18-17-12-24-16/h11-12H,1-10H2. The summed E-state index contributed by atoms with van der Waals surface area (Å²) in [4.78, 5) is 16.9. The third kappa shape index (κ3) is 3.34. The van der Waals surface area contributed by atoms with E-state index in [0.717, 1.165) is 62.0 Å². The molecule has 0 amide bonds. The fourth-order valence-corrected chi connectivity index (χ4v) is 4.08. The third-order valence-electron chi connectivity index (χ3n) is 4.89. The SMILES string of the molecule is O=c1cc2c(nn1CCN1CCN(c3nncs3)CC1)CCCC2. The van der Waals surface area contributed by atoms with Gasteiger partial charge in [-0.1, -0.05) is 11.3 Å². The number of aryl methyl sites for hydroxylation is 2. The van der Waals surface area contributed by atoms with Crippen LogP contribution in [-0.2, 0) is 19.4 Å². The summed E-state index contributed by atoms with van der Waals surface area (Å²) in [5.74, 6) is 0. The Morgan fingerprint density at radius 1 is 1.08 bits per heavy atom. The summed E-state index contributed by atoms with van der Waals surface area (Å²) in [7, 11) is 0. The van der Waals surface area contributed by atoms with Gasteiger partial charge in [0, 0.05) is 38.8 Å². The van der Waals surface area contributed by atoms with Crippen LogP contribution in [0, 0.1) is 0 Å². The molecular weight excluding hydrogens is 324 g/mol. The second-order valence-electron chi connectivity index (χ2n) is 6.43. The molecule has 0 unspecified atom stereocenters. The average Bonchev–Trinajstić information content (AvgIpc) is 3.15. The summed E-state index contributed by atoms with van der Waals surface area (Å²) in [6.45, 7) is 5.43. The van der Waals surface area contributed by atoms with Gasteiger partial charge in [-0.3, -0.25) is 9.69 Å². The van der Waals surface area contributed by atoms with Gasteiger partial charge in [0.05, 0.1) is 12.2 Å². The zero-order valence-corrected chi connectivity index (χ0v) is 14.5. The molecule has 24 heavy (non-hydrogen) atoms. The molecule has 2 aromatic rings. The van der Waals surface area contributed by atoms with Gasteiger partial charge in [0.2, 0.25) is 5.13 Å². The summed E-state index contributed by atoms with van der Waals surface area (Å²) in [5, 5.41) is 13.6. The van der Waals surface area contributed by atoms with Crippen LogP contribution in [0.4, 0.5) is 5.13 Å². The molecule has 7 nitrogen and oxygen atoms in total. The lowest BCUT2D eigenvalue weighted by atomic mass is 9.97. The Bertz CT molecular complexity index is 736. The van der Waals surface area contributed by atoms with Crippen LogP contribution in [-0.4, -0.2) is 57.6 Å². The Hall–Kier alpha value is -1.80. The minimum Gasteiger partial charge on any atom is -0.344 e. The molecule has 8 heteroatoms. The van der Waals surface area contributed by atoms with Crippen molar-refractivity contribution in [2.24, 2.45) is 0 Å². The molecule has 2 aliphatic rings. The molecule has 0 radical (unpaired) electrons. The van der Waals surface area contributed by atoms with E-state index in [4.69, 9.17) is 0 Å². The predicted molar refractivity (Wildman–Crippen MR) is 93.7 cm³/mol. The van der Waals surface area contributed by atoms with Crippen LogP contribution in [0.15, 0.2) is 16.4 Å². The topological polar surface area (TPSA) is 67.2 Å². The third-order valence-corrected chi connectivity index (χ3v) is 5.64.